The molecule has 0 radical (unpaired) electrons. The third-order valence-corrected chi connectivity index (χ3v) is 18.3. The average molecular weight is 1160 g/mol. The maximum atomic E-state index is 14.5. The lowest BCUT2D eigenvalue weighted by Crippen LogP contribution is -2.57. The number of amides is 8. The van der Waals surface area contributed by atoms with E-state index >= 15 is 0 Å². The number of benzene rings is 2. The number of rotatable bonds is 23. The number of aromatic nitrogens is 2. The van der Waals surface area contributed by atoms with Crippen molar-refractivity contribution in [3.05, 3.63) is 83.3 Å². The van der Waals surface area contributed by atoms with E-state index in [9.17, 15) is 38.4 Å². The van der Waals surface area contributed by atoms with Gasteiger partial charge in [0.25, 0.3) is 11.8 Å². The molecule has 8 amide bonds. The van der Waals surface area contributed by atoms with Crippen molar-refractivity contribution in [1.29, 1.82) is 0 Å². The van der Waals surface area contributed by atoms with Crippen molar-refractivity contribution in [2.75, 3.05) is 50.9 Å². The summed E-state index contributed by atoms with van der Waals surface area (Å²) in [5, 5.41) is 24.8. The largest absolute Gasteiger partial charge is 0.349 e. The third-order valence-electron chi connectivity index (χ3n) is 16.4. The van der Waals surface area contributed by atoms with E-state index in [4.69, 9.17) is 9.97 Å². The fourth-order valence-electron chi connectivity index (χ4n) is 11.5. The Balaban J connectivity index is 0.917. The molecule has 0 bridgehead atoms. The SMILES string of the molecule is C=C[C@H](NC)C(=O)N[C@H](C(=O)N1CCC[C@H]1C(=O)Nc1sc(C(=O)NCC(C)(C)CNC(=O)c2nc(-c3ccccc3)c(NC(=O)[C@@H]3CCCN3C(=O)[C@@H](NC(=O)[C@H](C)NC)C3CCCCC3)s2)nc1-c1ccccc1)C1CCCCC1. The summed E-state index contributed by atoms with van der Waals surface area (Å²) in [5.74, 6) is -3.06. The molecule has 4 heterocycles. The lowest BCUT2D eigenvalue weighted by atomic mass is 9.83. The van der Waals surface area contributed by atoms with Crippen LogP contribution in [0.15, 0.2) is 73.3 Å². The molecule has 440 valence electrons. The summed E-state index contributed by atoms with van der Waals surface area (Å²) in [6, 6.07) is 14.1. The molecule has 20 nitrogen and oxygen atoms in total. The molecular formula is C60H80N12O8S2. The number of likely N-dealkylation sites (N-methyl/N-ethyl adjacent to an activating group) is 2. The topological polar surface area (TPSA) is 265 Å². The highest BCUT2D eigenvalue weighted by Crippen LogP contribution is 2.37. The van der Waals surface area contributed by atoms with Crippen molar-refractivity contribution in [3.8, 4) is 22.5 Å². The zero-order chi connectivity index (χ0) is 58.5. The fraction of sp³-hybridized carbons (Fsp3) is 0.533. The number of carbonyl (C=O) groups excluding carboxylic acids is 8. The lowest BCUT2D eigenvalue weighted by molar-refractivity contribution is -0.142. The zero-order valence-electron chi connectivity index (χ0n) is 47.8. The molecule has 8 N–H and O–H groups in total. The minimum atomic E-state index is -0.812. The van der Waals surface area contributed by atoms with E-state index in [0.29, 0.717) is 71.3 Å². The van der Waals surface area contributed by atoms with Crippen molar-refractivity contribution >= 4 is 79.9 Å². The van der Waals surface area contributed by atoms with Gasteiger partial charge in [-0.1, -0.05) is 142 Å². The van der Waals surface area contributed by atoms with Gasteiger partial charge in [-0.3, -0.25) is 38.4 Å². The van der Waals surface area contributed by atoms with Crippen LogP contribution >= 0.6 is 22.7 Å². The molecule has 0 spiro atoms. The van der Waals surface area contributed by atoms with Gasteiger partial charge in [0, 0.05) is 37.3 Å². The summed E-state index contributed by atoms with van der Waals surface area (Å²) >= 11 is 2.05. The molecule has 0 unspecified atom stereocenters. The number of anilines is 2. The summed E-state index contributed by atoms with van der Waals surface area (Å²) in [6.45, 7) is 10.3. The maximum absolute atomic E-state index is 14.5. The van der Waals surface area contributed by atoms with Gasteiger partial charge in [-0.2, -0.15) is 0 Å². The second-order valence-electron chi connectivity index (χ2n) is 22.8. The maximum Gasteiger partial charge on any atom is 0.280 e. The van der Waals surface area contributed by atoms with Gasteiger partial charge in [0.1, 0.15) is 51.6 Å². The highest BCUT2D eigenvalue weighted by molar-refractivity contribution is 7.18. The first kappa shape index (κ1) is 61.2. The summed E-state index contributed by atoms with van der Waals surface area (Å²) in [4.78, 5) is 125. The van der Waals surface area contributed by atoms with Crippen LogP contribution in [-0.2, 0) is 28.8 Å². The summed E-state index contributed by atoms with van der Waals surface area (Å²) in [5.41, 5.74) is 1.46. The van der Waals surface area contributed by atoms with Crippen LogP contribution in [-0.4, -0.2) is 144 Å². The second-order valence-corrected chi connectivity index (χ2v) is 24.8. The van der Waals surface area contributed by atoms with E-state index in [1.54, 1.807) is 30.8 Å². The molecule has 2 saturated carbocycles. The number of carbonyl (C=O) groups is 8. The van der Waals surface area contributed by atoms with E-state index < -0.39 is 65.3 Å². The number of hydrogen-bond acceptors (Lipinski definition) is 14. The molecule has 2 aromatic heterocycles. The number of hydrogen-bond donors (Lipinski definition) is 8. The molecule has 4 aromatic rings. The highest BCUT2D eigenvalue weighted by atomic mass is 32.1. The molecule has 6 atom stereocenters. The Morgan fingerprint density at radius 3 is 1.40 bits per heavy atom. The predicted molar refractivity (Wildman–Crippen MR) is 319 cm³/mol. The molecule has 2 aliphatic carbocycles. The van der Waals surface area contributed by atoms with Crippen LogP contribution in [0, 0.1) is 17.3 Å². The van der Waals surface area contributed by atoms with E-state index in [2.05, 4.69) is 49.1 Å². The van der Waals surface area contributed by atoms with Gasteiger partial charge in [0.05, 0.1) is 6.04 Å². The normalized spacial score (nSPS) is 19.3. The molecule has 82 heavy (non-hydrogen) atoms. The lowest BCUT2D eigenvalue weighted by Gasteiger charge is -2.35. The Bertz CT molecular complexity index is 2920. The van der Waals surface area contributed by atoms with E-state index in [0.717, 1.165) is 86.9 Å². The van der Waals surface area contributed by atoms with Crippen LogP contribution in [0.2, 0.25) is 0 Å². The molecule has 4 aliphatic rings. The molecule has 2 saturated heterocycles. The minimum absolute atomic E-state index is 0.0354. The number of likely N-dealkylation sites (tertiary alicyclic amines) is 2. The molecule has 22 heteroatoms. The summed E-state index contributed by atoms with van der Waals surface area (Å²) < 4.78 is 0. The van der Waals surface area contributed by atoms with Gasteiger partial charge in [-0.25, -0.2) is 9.97 Å². The predicted octanol–water partition coefficient (Wildman–Crippen LogP) is 6.49. The standard InChI is InChI=1S/C60H80N12O8S2/c1-7-41(62-6)49(74)66-47(40-28-18-11-19-29-40)59(80)72-33-21-31-43(72)51(76)70-55-45(38-24-14-9-15-25-38)68-57(82-55)53(78)64-35-60(3,4)34-63-52(77)56-67-44(37-22-12-8-13-23-37)54(81-56)69-50(75)42-30-20-32-71(42)58(79)46(39-26-16-10-17-27-39)65-48(73)36(2)61-5/h7-9,12-15,22-25,36,39-43,46-47,61-62H,1,10-11,16-21,26-35H2,2-6H3,(H,63,77)(H,64,78)(H,65,73)(H,66,74)(H,69,75)(H,70,76)/t36-,41-,42-,43-,46-,47-/m0/s1. The first-order valence-electron chi connectivity index (χ1n) is 29.0. The quantitative estimate of drug-likeness (QED) is 0.0371. The van der Waals surface area contributed by atoms with Crippen LogP contribution in [0.4, 0.5) is 10.0 Å². The fourth-order valence-corrected chi connectivity index (χ4v) is 13.3. The minimum Gasteiger partial charge on any atom is -0.349 e. The molecule has 2 aromatic carbocycles. The van der Waals surface area contributed by atoms with Crippen LogP contribution in [0.1, 0.15) is 130 Å². The van der Waals surface area contributed by atoms with Crippen molar-refractivity contribution < 1.29 is 38.4 Å². The van der Waals surface area contributed by atoms with E-state index in [1.807, 2.05) is 74.5 Å². The van der Waals surface area contributed by atoms with Crippen LogP contribution < -0.4 is 42.5 Å². The first-order chi connectivity index (χ1) is 39.5. The third kappa shape index (κ3) is 15.0. The van der Waals surface area contributed by atoms with Gasteiger partial charge in [0.15, 0.2) is 10.0 Å². The van der Waals surface area contributed by atoms with Crippen molar-refractivity contribution in [3.63, 3.8) is 0 Å². The Labute approximate surface area is 488 Å². The van der Waals surface area contributed by atoms with Crippen molar-refractivity contribution in [1.82, 2.24) is 51.7 Å². The van der Waals surface area contributed by atoms with Crippen molar-refractivity contribution in [2.24, 2.45) is 17.3 Å². The van der Waals surface area contributed by atoms with Crippen LogP contribution in [0.25, 0.3) is 22.5 Å². The monoisotopic (exact) mass is 1160 g/mol. The Morgan fingerprint density at radius 1 is 0.598 bits per heavy atom. The molecule has 4 fully saturated rings. The Hall–Kier alpha value is -6.88. The Morgan fingerprint density at radius 2 is 1.01 bits per heavy atom. The van der Waals surface area contributed by atoms with Gasteiger partial charge >= 0.3 is 0 Å². The van der Waals surface area contributed by atoms with Crippen molar-refractivity contribution in [2.45, 2.75) is 147 Å². The van der Waals surface area contributed by atoms with E-state index in [1.165, 1.54) is 6.08 Å². The van der Waals surface area contributed by atoms with Gasteiger partial charge in [-0.05, 0) is 89.6 Å². The molecule has 8 rings (SSSR count). The number of thiazole rings is 2. The molecular weight excluding hydrogens is 1080 g/mol. The zero-order valence-corrected chi connectivity index (χ0v) is 49.4. The Kier molecular flexibility index (Phi) is 21.2. The van der Waals surface area contributed by atoms with Gasteiger partial charge in [0.2, 0.25) is 35.4 Å². The second kappa shape index (κ2) is 28.4. The van der Waals surface area contributed by atoms with Gasteiger partial charge in [-0.15, -0.1) is 6.58 Å². The van der Waals surface area contributed by atoms with Gasteiger partial charge < -0.3 is 52.3 Å². The van der Waals surface area contributed by atoms with Crippen LogP contribution in [0.5, 0.6) is 0 Å². The van der Waals surface area contributed by atoms with E-state index in [-0.39, 0.29) is 58.6 Å². The molecule has 2 aliphatic heterocycles. The average Bonchev–Trinajstić information content (AvgIpc) is 4.36. The summed E-state index contributed by atoms with van der Waals surface area (Å²) in [7, 11) is 3.35. The number of nitrogens with zero attached hydrogens (tertiary/aromatic N) is 4. The smallest absolute Gasteiger partial charge is 0.280 e. The van der Waals surface area contributed by atoms with Crippen LogP contribution in [0.3, 0.4) is 0 Å². The summed E-state index contributed by atoms with van der Waals surface area (Å²) in [6.07, 6.45) is 12.8. The highest BCUT2D eigenvalue weighted by Gasteiger charge is 2.43. The number of nitrogens with one attached hydrogen (secondary N) is 8. The first-order valence-corrected chi connectivity index (χ1v) is 30.6.